The maximum Gasteiger partial charge on any atom is 0.232 e. The number of hydrogen-bond acceptors (Lipinski definition) is 4. The lowest BCUT2D eigenvalue weighted by Crippen LogP contribution is -2.24. The highest BCUT2D eigenvalue weighted by Gasteiger charge is 2.10. The summed E-state index contributed by atoms with van der Waals surface area (Å²) in [5, 5.41) is 2.68. The van der Waals surface area contributed by atoms with Gasteiger partial charge in [-0.3, -0.25) is 9.52 Å². The number of hydrogen-bond donors (Lipinski definition) is 3. The van der Waals surface area contributed by atoms with Gasteiger partial charge in [0.25, 0.3) is 0 Å². The van der Waals surface area contributed by atoms with E-state index in [-0.39, 0.29) is 24.1 Å². The number of rotatable bonds is 7. The number of anilines is 2. The maximum atomic E-state index is 11.7. The third-order valence-corrected chi connectivity index (χ3v) is 3.89. The molecule has 0 radical (unpaired) electrons. The predicted molar refractivity (Wildman–Crippen MR) is 81.0 cm³/mol. The van der Waals surface area contributed by atoms with Gasteiger partial charge in [0, 0.05) is 18.2 Å². The Bertz CT molecular complexity index is 556. The van der Waals surface area contributed by atoms with Crippen molar-refractivity contribution in [3.05, 3.63) is 24.3 Å². The number of sulfonamides is 1. The van der Waals surface area contributed by atoms with Crippen LogP contribution in [0.4, 0.5) is 11.4 Å². The Morgan fingerprint density at radius 3 is 2.60 bits per heavy atom. The third kappa shape index (κ3) is 6.03. The first kappa shape index (κ1) is 16.5. The summed E-state index contributed by atoms with van der Waals surface area (Å²) < 4.78 is 25.8. The fourth-order valence-electron chi connectivity index (χ4n) is 1.66. The molecule has 0 heterocycles. The molecule has 0 aliphatic carbocycles. The summed E-state index contributed by atoms with van der Waals surface area (Å²) in [6.45, 7) is 3.54. The zero-order chi connectivity index (χ0) is 15.2. The van der Waals surface area contributed by atoms with E-state index in [1.165, 1.54) is 0 Å². The molecule has 0 saturated heterocycles. The van der Waals surface area contributed by atoms with Crippen LogP contribution < -0.4 is 15.8 Å². The zero-order valence-corrected chi connectivity index (χ0v) is 12.5. The molecule has 0 saturated carbocycles. The van der Waals surface area contributed by atoms with Crippen molar-refractivity contribution in [2.24, 2.45) is 5.73 Å². The molecular weight excluding hydrogens is 278 g/mol. The van der Waals surface area contributed by atoms with Gasteiger partial charge < -0.3 is 11.1 Å². The van der Waals surface area contributed by atoms with Gasteiger partial charge in [0.1, 0.15) is 0 Å². The Labute approximate surface area is 119 Å². The highest BCUT2D eigenvalue weighted by Crippen LogP contribution is 2.17. The molecule has 0 aliphatic heterocycles. The molecule has 0 bridgehead atoms. The summed E-state index contributed by atoms with van der Waals surface area (Å²) in [5.41, 5.74) is 6.50. The van der Waals surface area contributed by atoms with Crippen molar-refractivity contribution in [2.75, 3.05) is 15.8 Å². The van der Waals surface area contributed by atoms with Crippen LogP contribution in [0.1, 0.15) is 26.7 Å². The molecular formula is C13H21N3O3S. The molecule has 1 atom stereocenters. The molecule has 1 unspecified atom stereocenters. The first-order valence-electron chi connectivity index (χ1n) is 6.48. The quantitative estimate of drug-likeness (QED) is 0.710. The van der Waals surface area contributed by atoms with Crippen molar-refractivity contribution in [1.82, 2.24) is 0 Å². The second kappa shape index (κ2) is 7.25. The van der Waals surface area contributed by atoms with Crippen molar-refractivity contribution in [3.8, 4) is 0 Å². The Balaban J connectivity index is 2.73. The molecule has 20 heavy (non-hydrogen) atoms. The van der Waals surface area contributed by atoms with Crippen molar-refractivity contribution >= 4 is 27.3 Å². The topological polar surface area (TPSA) is 101 Å². The zero-order valence-electron chi connectivity index (χ0n) is 11.7. The van der Waals surface area contributed by atoms with E-state index >= 15 is 0 Å². The summed E-state index contributed by atoms with van der Waals surface area (Å²) in [6, 6.07) is 6.35. The molecule has 0 fully saturated rings. The summed E-state index contributed by atoms with van der Waals surface area (Å²) in [4.78, 5) is 11.6. The van der Waals surface area contributed by atoms with Crippen LogP contribution >= 0.6 is 0 Å². The first-order chi connectivity index (χ1) is 9.32. The van der Waals surface area contributed by atoms with Gasteiger partial charge in [-0.05, 0) is 31.5 Å². The Morgan fingerprint density at radius 2 is 2.00 bits per heavy atom. The van der Waals surface area contributed by atoms with Crippen molar-refractivity contribution < 1.29 is 13.2 Å². The molecule has 1 aromatic carbocycles. The molecule has 0 spiro atoms. The van der Waals surface area contributed by atoms with Crippen LogP contribution in [0.5, 0.6) is 0 Å². The van der Waals surface area contributed by atoms with E-state index in [1.54, 1.807) is 38.1 Å². The van der Waals surface area contributed by atoms with Gasteiger partial charge in [0.05, 0.1) is 11.4 Å². The standard InChI is InChI=1S/C13H21N3O3S/c1-3-7-20(18,19)16-12-6-4-5-11(9-12)15-13(17)8-10(2)14/h4-6,9-10,16H,3,7-8,14H2,1-2H3,(H,15,17). The number of nitrogens with one attached hydrogen (secondary N) is 2. The van der Waals surface area contributed by atoms with Gasteiger partial charge in [0.2, 0.25) is 15.9 Å². The van der Waals surface area contributed by atoms with Gasteiger partial charge in [-0.25, -0.2) is 8.42 Å². The second-order valence-corrected chi connectivity index (χ2v) is 6.57. The molecule has 7 heteroatoms. The molecule has 1 amide bonds. The van der Waals surface area contributed by atoms with Gasteiger partial charge in [-0.1, -0.05) is 13.0 Å². The minimum Gasteiger partial charge on any atom is -0.327 e. The Hall–Kier alpha value is -1.60. The number of carbonyl (C=O) groups is 1. The second-order valence-electron chi connectivity index (χ2n) is 4.73. The minimum absolute atomic E-state index is 0.0638. The van der Waals surface area contributed by atoms with Gasteiger partial charge in [-0.2, -0.15) is 0 Å². The van der Waals surface area contributed by atoms with Crippen LogP contribution in [0.3, 0.4) is 0 Å². The van der Waals surface area contributed by atoms with E-state index in [9.17, 15) is 13.2 Å². The van der Waals surface area contributed by atoms with Crippen LogP contribution in [0, 0.1) is 0 Å². The minimum atomic E-state index is -3.33. The van der Waals surface area contributed by atoms with E-state index in [0.29, 0.717) is 17.8 Å². The largest absolute Gasteiger partial charge is 0.327 e. The highest BCUT2D eigenvalue weighted by molar-refractivity contribution is 7.92. The normalized spacial score (nSPS) is 12.8. The highest BCUT2D eigenvalue weighted by atomic mass is 32.2. The molecule has 4 N–H and O–H groups in total. The fourth-order valence-corrected chi connectivity index (χ4v) is 2.79. The lowest BCUT2D eigenvalue weighted by atomic mass is 10.2. The van der Waals surface area contributed by atoms with Crippen molar-refractivity contribution in [2.45, 2.75) is 32.7 Å². The van der Waals surface area contributed by atoms with Gasteiger partial charge >= 0.3 is 0 Å². The van der Waals surface area contributed by atoms with Gasteiger partial charge in [-0.15, -0.1) is 0 Å². The molecule has 6 nitrogen and oxygen atoms in total. The van der Waals surface area contributed by atoms with Gasteiger partial charge in [0.15, 0.2) is 0 Å². The van der Waals surface area contributed by atoms with E-state index in [1.807, 2.05) is 0 Å². The molecule has 1 aromatic rings. The van der Waals surface area contributed by atoms with Crippen LogP contribution in [0.15, 0.2) is 24.3 Å². The lowest BCUT2D eigenvalue weighted by molar-refractivity contribution is -0.116. The molecule has 0 aliphatic rings. The Morgan fingerprint density at radius 1 is 1.35 bits per heavy atom. The number of carbonyl (C=O) groups excluding carboxylic acids is 1. The SMILES string of the molecule is CCCS(=O)(=O)Nc1cccc(NC(=O)CC(C)N)c1. The summed E-state index contributed by atoms with van der Waals surface area (Å²) in [6.07, 6.45) is 0.756. The van der Waals surface area contributed by atoms with E-state index in [4.69, 9.17) is 5.73 Å². The van der Waals surface area contributed by atoms with Crippen LogP contribution in [0.2, 0.25) is 0 Å². The fraction of sp³-hybridized carbons (Fsp3) is 0.462. The van der Waals surface area contributed by atoms with E-state index < -0.39 is 10.0 Å². The Kier molecular flexibility index (Phi) is 5.97. The molecule has 112 valence electrons. The summed E-state index contributed by atoms with van der Waals surface area (Å²) in [7, 11) is -3.33. The number of benzene rings is 1. The number of amides is 1. The van der Waals surface area contributed by atoms with Crippen molar-refractivity contribution in [1.29, 1.82) is 0 Å². The van der Waals surface area contributed by atoms with Crippen molar-refractivity contribution in [3.63, 3.8) is 0 Å². The average Bonchev–Trinajstić information content (AvgIpc) is 2.26. The predicted octanol–water partition coefficient (Wildman–Crippen LogP) is 1.51. The van der Waals surface area contributed by atoms with Crippen LogP contribution in [-0.4, -0.2) is 26.1 Å². The molecule has 1 rings (SSSR count). The van der Waals surface area contributed by atoms with E-state index in [2.05, 4.69) is 10.0 Å². The monoisotopic (exact) mass is 299 g/mol. The summed E-state index contributed by atoms with van der Waals surface area (Å²) >= 11 is 0. The maximum absolute atomic E-state index is 11.7. The third-order valence-electron chi connectivity index (χ3n) is 2.40. The summed E-state index contributed by atoms with van der Waals surface area (Å²) in [5.74, 6) is -0.137. The van der Waals surface area contributed by atoms with Crippen LogP contribution in [-0.2, 0) is 14.8 Å². The van der Waals surface area contributed by atoms with Crippen LogP contribution in [0.25, 0.3) is 0 Å². The average molecular weight is 299 g/mol. The van der Waals surface area contributed by atoms with E-state index in [0.717, 1.165) is 0 Å². The number of nitrogens with two attached hydrogens (primary N) is 1. The lowest BCUT2D eigenvalue weighted by Gasteiger charge is -2.10. The molecule has 0 aromatic heterocycles. The first-order valence-corrected chi connectivity index (χ1v) is 8.13. The smallest absolute Gasteiger partial charge is 0.232 e.